The van der Waals surface area contributed by atoms with Gasteiger partial charge in [0, 0.05) is 30.3 Å². The SMILES string of the molecule is C=C1C(=O)C[C@H]2CCC3(CC[C@]12O[Si](C)(C)C)OCC(C)(C)CO3. The highest BCUT2D eigenvalue weighted by Gasteiger charge is 2.56. The molecule has 0 N–H and O–H groups in total. The average molecular weight is 353 g/mol. The molecule has 24 heavy (non-hydrogen) atoms. The van der Waals surface area contributed by atoms with Crippen LogP contribution >= 0.6 is 0 Å². The fraction of sp³-hybridized carbons (Fsp3) is 0.842. The van der Waals surface area contributed by atoms with Crippen LogP contribution in [0.2, 0.25) is 19.6 Å². The molecule has 0 unspecified atom stereocenters. The van der Waals surface area contributed by atoms with Crippen LogP contribution in [0.3, 0.4) is 0 Å². The van der Waals surface area contributed by atoms with E-state index in [-0.39, 0.29) is 17.1 Å². The number of fused-ring (bicyclic) bond motifs is 1. The van der Waals surface area contributed by atoms with Gasteiger partial charge in [-0.2, -0.15) is 0 Å². The Kier molecular flexibility index (Phi) is 4.39. The van der Waals surface area contributed by atoms with Crippen LogP contribution in [-0.2, 0) is 18.7 Å². The molecule has 1 heterocycles. The molecule has 2 atom stereocenters. The second kappa shape index (κ2) is 5.76. The summed E-state index contributed by atoms with van der Waals surface area (Å²) in [7, 11) is -1.81. The third-order valence-electron chi connectivity index (χ3n) is 5.63. The minimum absolute atomic E-state index is 0.0689. The molecular formula is C19H32O4Si. The summed E-state index contributed by atoms with van der Waals surface area (Å²) in [6.45, 7) is 16.5. The summed E-state index contributed by atoms with van der Waals surface area (Å²) in [5.74, 6) is -0.106. The van der Waals surface area contributed by atoms with Crippen molar-refractivity contribution in [2.24, 2.45) is 11.3 Å². The quantitative estimate of drug-likeness (QED) is 0.555. The Bertz CT molecular complexity index is 538. The Morgan fingerprint density at radius 1 is 1.12 bits per heavy atom. The molecule has 3 aliphatic rings. The van der Waals surface area contributed by atoms with Crippen LogP contribution in [0.25, 0.3) is 0 Å². The van der Waals surface area contributed by atoms with Gasteiger partial charge in [0.05, 0.1) is 18.8 Å². The normalized spacial score (nSPS) is 35.8. The topological polar surface area (TPSA) is 44.8 Å². The Balaban J connectivity index is 1.84. The highest BCUT2D eigenvalue weighted by Crippen LogP contribution is 2.52. The summed E-state index contributed by atoms with van der Waals surface area (Å²) in [6.07, 6.45) is 3.84. The van der Waals surface area contributed by atoms with Gasteiger partial charge in [-0.25, -0.2) is 0 Å². The van der Waals surface area contributed by atoms with Crippen molar-refractivity contribution in [1.82, 2.24) is 0 Å². The van der Waals surface area contributed by atoms with Crippen molar-refractivity contribution in [2.75, 3.05) is 13.2 Å². The molecule has 0 aromatic heterocycles. The molecule has 1 spiro atoms. The molecule has 0 bridgehead atoms. The fourth-order valence-electron chi connectivity index (χ4n) is 4.35. The maximum absolute atomic E-state index is 12.4. The van der Waals surface area contributed by atoms with Gasteiger partial charge < -0.3 is 13.9 Å². The van der Waals surface area contributed by atoms with Crippen LogP contribution in [0.5, 0.6) is 0 Å². The van der Waals surface area contributed by atoms with Crippen molar-refractivity contribution >= 4 is 14.1 Å². The van der Waals surface area contributed by atoms with Crippen LogP contribution in [0.4, 0.5) is 0 Å². The van der Waals surface area contributed by atoms with Gasteiger partial charge in [-0.15, -0.1) is 0 Å². The molecular weight excluding hydrogens is 320 g/mol. The lowest BCUT2D eigenvalue weighted by molar-refractivity contribution is -0.304. The van der Waals surface area contributed by atoms with Crippen LogP contribution in [-0.4, -0.2) is 38.7 Å². The number of ketones is 1. The van der Waals surface area contributed by atoms with E-state index in [9.17, 15) is 4.79 Å². The molecule has 0 amide bonds. The summed E-state index contributed by atoms with van der Waals surface area (Å²) in [5, 5.41) is 0. The van der Waals surface area contributed by atoms with E-state index in [4.69, 9.17) is 13.9 Å². The summed E-state index contributed by atoms with van der Waals surface area (Å²) in [5.41, 5.74) is 0.257. The zero-order valence-electron chi connectivity index (χ0n) is 15.9. The lowest BCUT2D eigenvalue weighted by Gasteiger charge is -2.44. The zero-order chi connectivity index (χ0) is 17.8. The van der Waals surface area contributed by atoms with Crippen LogP contribution < -0.4 is 0 Å². The van der Waals surface area contributed by atoms with E-state index in [0.717, 1.165) is 38.9 Å². The largest absolute Gasteiger partial charge is 0.408 e. The van der Waals surface area contributed by atoms with Crippen LogP contribution in [0, 0.1) is 11.3 Å². The average Bonchev–Trinajstić information content (AvgIpc) is 2.61. The fourth-order valence-corrected chi connectivity index (χ4v) is 5.83. The van der Waals surface area contributed by atoms with Crippen molar-refractivity contribution in [3.63, 3.8) is 0 Å². The highest BCUT2D eigenvalue weighted by molar-refractivity contribution is 6.69. The van der Waals surface area contributed by atoms with Gasteiger partial charge >= 0.3 is 0 Å². The molecule has 3 fully saturated rings. The molecule has 1 aliphatic heterocycles. The molecule has 4 nitrogen and oxygen atoms in total. The van der Waals surface area contributed by atoms with E-state index in [0.29, 0.717) is 12.0 Å². The van der Waals surface area contributed by atoms with Gasteiger partial charge in [0.15, 0.2) is 19.9 Å². The number of hydrogen-bond donors (Lipinski definition) is 0. The number of rotatable bonds is 2. The number of ether oxygens (including phenoxy) is 2. The lowest BCUT2D eigenvalue weighted by Crippen LogP contribution is -2.48. The third kappa shape index (κ3) is 3.28. The van der Waals surface area contributed by atoms with Crippen LogP contribution in [0.15, 0.2) is 12.2 Å². The van der Waals surface area contributed by atoms with E-state index in [1.54, 1.807) is 0 Å². The van der Waals surface area contributed by atoms with Gasteiger partial charge in [0.25, 0.3) is 0 Å². The second-order valence-corrected chi connectivity index (χ2v) is 14.0. The lowest BCUT2D eigenvalue weighted by atomic mass is 9.84. The summed E-state index contributed by atoms with van der Waals surface area (Å²) in [6, 6.07) is 0. The van der Waals surface area contributed by atoms with Crippen molar-refractivity contribution in [3.8, 4) is 0 Å². The first-order valence-electron chi connectivity index (χ1n) is 9.18. The van der Waals surface area contributed by atoms with Gasteiger partial charge in [-0.1, -0.05) is 20.4 Å². The van der Waals surface area contributed by atoms with Gasteiger partial charge in [0.1, 0.15) is 0 Å². The number of carbonyl (C=O) groups excluding carboxylic acids is 1. The molecule has 2 saturated carbocycles. The van der Waals surface area contributed by atoms with E-state index >= 15 is 0 Å². The molecule has 1 saturated heterocycles. The summed E-state index contributed by atoms with van der Waals surface area (Å²) < 4.78 is 19.1. The first-order chi connectivity index (χ1) is 11.0. The van der Waals surface area contributed by atoms with Crippen molar-refractivity contribution in [1.29, 1.82) is 0 Å². The molecule has 2 aliphatic carbocycles. The smallest absolute Gasteiger partial charge is 0.184 e. The minimum atomic E-state index is -1.81. The monoisotopic (exact) mass is 352 g/mol. The Labute approximate surface area is 147 Å². The van der Waals surface area contributed by atoms with Crippen molar-refractivity contribution < 1.29 is 18.7 Å². The molecule has 5 heteroatoms. The Hall–Kier alpha value is -0.493. The van der Waals surface area contributed by atoms with Gasteiger partial charge in [-0.05, 0) is 38.4 Å². The third-order valence-corrected chi connectivity index (χ3v) is 6.61. The summed E-state index contributed by atoms with van der Waals surface area (Å²) >= 11 is 0. The first kappa shape index (κ1) is 18.3. The molecule has 3 rings (SSSR count). The van der Waals surface area contributed by atoms with E-state index < -0.39 is 19.7 Å². The zero-order valence-corrected chi connectivity index (χ0v) is 16.9. The van der Waals surface area contributed by atoms with Gasteiger partial charge in [-0.3, -0.25) is 4.79 Å². The Morgan fingerprint density at radius 2 is 1.75 bits per heavy atom. The van der Waals surface area contributed by atoms with Crippen molar-refractivity contribution in [2.45, 2.75) is 77.0 Å². The number of hydrogen-bond acceptors (Lipinski definition) is 4. The highest BCUT2D eigenvalue weighted by atomic mass is 28.4. The van der Waals surface area contributed by atoms with Gasteiger partial charge in [0.2, 0.25) is 0 Å². The van der Waals surface area contributed by atoms with Crippen LogP contribution in [0.1, 0.15) is 46.0 Å². The minimum Gasteiger partial charge on any atom is -0.408 e. The number of Topliss-reactive ketones (excluding diaryl/α,β-unsaturated/α-hetero) is 1. The predicted octanol–water partition coefficient (Wildman–Crippen LogP) is 4.07. The first-order valence-corrected chi connectivity index (χ1v) is 12.6. The maximum atomic E-state index is 12.4. The van der Waals surface area contributed by atoms with E-state index in [1.165, 1.54) is 0 Å². The second-order valence-electron chi connectivity index (χ2n) is 9.60. The molecule has 0 aromatic rings. The van der Waals surface area contributed by atoms with Crippen molar-refractivity contribution in [3.05, 3.63) is 12.2 Å². The predicted molar refractivity (Wildman–Crippen MR) is 96.3 cm³/mol. The Morgan fingerprint density at radius 3 is 2.33 bits per heavy atom. The standard InChI is InChI=1S/C19H32O4Si/c1-14-16(20)11-15-7-8-18(21-12-17(2,3)13-22-18)9-10-19(14,15)23-24(4,5)6/h15H,1,7-13H2,2-6H3/t15-,19+/m1/s1. The molecule has 0 radical (unpaired) electrons. The van der Waals surface area contributed by atoms with E-state index in [1.807, 2.05) is 0 Å². The number of carbonyl (C=O) groups is 1. The molecule has 136 valence electrons. The summed E-state index contributed by atoms with van der Waals surface area (Å²) in [4.78, 5) is 12.4. The van der Waals surface area contributed by atoms with E-state index in [2.05, 4.69) is 40.1 Å². The maximum Gasteiger partial charge on any atom is 0.184 e. The molecule has 0 aromatic carbocycles.